The van der Waals surface area contributed by atoms with Gasteiger partial charge < -0.3 is 4.90 Å². The molecule has 1 atom stereocenters. The lowest BCUT2D eigenvalue weighted by atomic mass is 10.4. The highest BCUT2D eigenvalue weighted by molar-refractivity contribution is 4.69. The van der Waals surface area contributed by atoms with Gasteiger partial charge in [-0.15, -0.1) is 13.2 Å². The van der Waals surface area contributed by atoms with E-state index in [4.69, 9.17) is 0 Å². The first-order valence-electron chi connectivity index (χ1n) is 3.64. The summed E-state index contributed by atoms with van der Waals surface area (Å²) in [5.41, 5.74) is 0. The second kappa shape index (κ2) is 3.59. The molecule has 1 aliphatic heterocycles. The van der Waals surface area contributed by atoms with E-state index in [1.165, 1.54) is 0 Å². The van der Waals surface area contributed by atoms with Crippen molar-refractivity contribution in [1.82, 2.24) is 10.2 Å². The molecular formula is C6H11F3N2O. The Labute approximate surface area is 68.5 Å². The fraction of sp³-hybridized carbons (Fsp3) is 1.00. The van der Waals surface area contributed by atoms with Gasteiger partial charge in [0.05, 0.1) is 0 Å². The van der Waals surface area contributed by atoms with Gasteiger partial charge in [-0.05, 0) is 7.05 Å². The molecule has 1 fully saturated rings. The first-order valence-corrected chi connectivity index (χ1v) is 3.64. The number of nitrogens with zero attached hydrogens (tertiary/aromatic N) is 1. The molecule has 72 valence electrons. The highest BCUT2D eigenvalue weighted by atomic mass is 19.4. The summed E-state index contributed by atoms with van der Waals surface area (Å²) in [5.74, 6) is 0. The normalized spacial score (nSPS) is 27.5. The molecule has 1 rings (SSSR count). The quantitative estimate of drug-likeness (QED) is 0.637. The van der Waals surface area contributed by atoms with Gasteiger partial charge in [0.25, 0.3) is 0 Å². The standard InChI is InChI=1S/C6H11F3N2O/c1-11-3-2-10-5(4-11)12-6(7,8)9/h5,10H,2-4H2,1H3. The van der Waals surface area contributed by atoms with Gasteiger partial charge in [0, 0.05) is 19.6 Å². The number of piperazine rings is 1. The van der Waals surface area contributed by atoms with Crippen LogP contribution in [0.25, 0.3) is 0 Å². The molecule has 0 saturated carbocycles. The molecule has 0 aromatic rings. The predicted molar refractivity (Wildman–Crippen MR) is 36.4 cm³/mol. The number of hydrogen-bond acceptors (Lipinski definition) is 3. The van der Waals surface area contributed by atoms with E-state index in [-0.39, 0.29) is 6.54 Å². The number of rotatable bonds is 1. The van der Waals surface area contributed by atoms with Crippen LogP contribution in [-0.2, 0) is 4.74 Å². The average Bonchev–Trinajstić information content (AvgIpc) is 1.82. The number of nitrogens with one attached hydrogen (secondary N) is 1. The minimum absolute atomic E-state index is 0.263. The third kappa shape index (κ3) is 3.38. The smallest absolute Gasteiger partial charge is 0.301 e. The van der Waals surface area contributed by atoms with Crippen molar-refractivity contribution in [2.75, 3.05) is 26.7 Å². The second-order valence-corrected chi connectivity index (χ2v) is 2.77. The second-order valence-electron chi connectivity index (χ2n) is 2.77. The van der Waals surface area contributed by atoms with Crippen LogP contribution in [0, 0.1) is 0 Å². The molecule has 1 unspecified atom stereocenters. The van der Waals surface area contributed by atoms with E-state index in [1.807, 2.05) is 0 Å². The Bertz CT molecular complexity index is 150. The van der Waals surface area contributed by atoms with Crippen molar-refractivity contribution in [2.45, 2.75) is 12.6 Å². The summed E-state index contributed by atoms with van der Waals surface area (Å²) in [6.07, 6.45) is -5.47. The van der Waals surface area contributed by atoms with Crippen molar-refractivity contribution in [2.24, 2.45) is 0 Å². The van der Waals surface area contributed by atoms with Crippen LogP contribution in [0.2, 0.25) is 0 Å². The number of alkyl halides is 3. The van der Waals surface area contributed by atoms with Gasteiger partial charge in [0.15, 0.2) is 0 Å². The summed E-state index contributed by atoms with van der Waals surface area (Å²) in [5, 5.41) is 2.62. The van der Waals surface area contributed by atoms with Crippen molar-refractivity contribution in [3.8, 4) is 0 Å². The molecule has 0 amide bonds. The van der Waals surface area contributed by atoms with E-state index in [1.54, 1.807) is 11.9 Å². The molecule has 0 aromatic carbocycles. The monoisotopic (exact) mass is 184 g/mol. The first-order chi connectivity index (χ1) is 5.47. The van der Waals surface area contributed by atoms with E-state index >= 15 is 0 Å². The molecule has 0 aromatic heterocycles. The van der Waals surface area contributed by atoms with Crippen LogP contribution in [-0.4, -0.2) is 44.2 Å². The molecule has 1 N–H and O–H groups in total. The Morgan fingerprint density at radius 1 is 1.50 bits per heavy atom. The maximum absolute atomic E-state index is 11.7. The maximum Gasteiger partial charge on any atom is 0.524 e. The molecule has 0 bridgehead atoms. The van der Waals surface area contributed by atoms with Crippen LogP contribution in [0.1, 0.15) is 0 Å². The van der Waals surface area contributed by atoms with Gasteiger partial charge in [0.2, 0.25) is 0 Å². The molecule has 0 spiro atoms. The highest BCUT2D eigenvalue weighted by Gasteiger charge is 2.34. The van der Waals surface area contributed by atoms with Gasteiger partial charge in [-0.2, -0.15) is 0 Å². The van der Waals surface area contributed by atoms with E-state index in [2.05, 4.69) is 10.1 Å². The Morgan fingerprint density at radius 2 is 2.17 bits per heavy atom. The molecule has 6 heteroatoms. The molecule has 1 aliphatic rings. The van der Waals surface area contributed by atoms with E-state index in [9.17, 15) is 13.2 Å². The summed E-state index contributed by atoms with van der Waals surface area (Å²) >= 11 is 0. The van der Waals surface area contributed by atoms with Crippen LogP contribution < -0.4 is 5.32 Å². The van der Waals surface area contributed by atoms with Gasteiger partial charge in [0.1, 0.15) is 6.23 Å². The molecule has 0 aliphatic carbocycles. The van der Waals surface area contributed by atoms with Crippen LogP contribution in [0.5, 0.6) is 0 Å². The minimum atomic E-state index is -4.55. The summed E-state index contributed by atoms with van der Waals surface area (Å²) in [6.45, 7) is 1.54. The summed E-state index contributed by atoms with van der Waals surface area (Å²) in [6, 6.07) is 0. The number of halogens is 3. The first kappa shape index (κ1) is 9.76. The van der Waals surface area contributed by atoms with Crippen LogP contribution in [0.3, 0.4) is 0 Å². The third-order valence-corrected chi connectivity index (χ3v) is 1.62. The van der Waals surface area contributed by atoms with Crippen molar-refractivity contribution in [1.29, 1.82) is 0 Å². The van der Waals surface area contributed by atoms with Crippen LogP contribution in [0.15, 0.2) is 0 Å². The Kier molecular flexibility index (Phi) is 2.92. The highest BCUT2D eigenvalue weighted by Crippen LogP contribution is 2.18. The lowest BCUT2D eigenvalue weighted by Gasteiger charge is -2.30. The van der Waals surface area contributed by atoms with Gasteiger partial charge in [-0.3, -0.25) is 10.1 Å². The van der Waals surface area contributed by atoms with Gasteiger partial charge >= 0.3 is 6.36 Å². The van der Waals surface area contributed by atoms with Crippen molar-refractivity contribution in [3.05, 3.63) is 0 Å². The Balaban J connectivity index is 2.32. The molecule has 3 nitrogen and oxygen atoms in total. The fourth-order valence-electron chi connectivity index (χ4n) is 1.10. The molecule has 0 radical (unpaired) electrons. The predicted octanol–water partition coefficient (Wildman–Crippen LogP) is 0.384. The largest absolute Gasteiger partial charge is 0.524 e. The number of ether oxygens (including phenoxy) is 1. The molecule has 1 heterocycles. The van der Waals surface area contributed by atoms with E-state index in [0.717, 1.165) is 6.54 Å². The molecule has 12 heavy (non-hydrogen) atoms. The van der Waals surface area contributed by atoms with Crippen molar-refractivity contribution in [3.63, 3.8) is 0 Å². The van der Waals surface area contributed by atoms with Gasteiger partial charge in [-0.25, -0.2) is 0 Å². The van der Waals surface area contributed by atoms with E-state index < -0.39 is 12.6 Å². The molecule has 1 saturated heterocycles. The van der Waals surface area contributed by atoms with Crippen LogP contribution in [0.4, 0.5) is 13.2 Å². The van der Waals surface area contributed by atoms with Crippen molar-refractivity contribution < 1.29 is 17.9 Å². The lowest BCUT2D eigenvalue weighted by molar-refractivity contribution is -0.348. The Hall–Kier alpha value is -0.330. The minimum Gasteiger partial charge on any atom is -0.301 e. The fourth-order valence-corrected chi connectivity index (χ4v) is 1.10. The maximum atomic E-state index is 11.7. The Morgan fingerprint density at radius 3 is 2.67 bits per heavy atom. The lowest BCUT2D eigenvalue weighted by Crippen LogP contribution is -2.51. The summed E-state index contributed by atoms with van der Waals surface area (Å²) < 4.78 is 38.9. The summed E-state index contributed by atoms with van der Waals surface area (Å²) in [7, 11) is 1.76. The SMILES string of the molecule is CN1CCNC(OC(F)(F)F)C1. The topological polar surface area (TPSA) is 24.5 Å². The third-order valence-electron chi connectivity index (χ3n) is 1.62. The zero-order valence-corrected chi connectivity index (χ0v) is 6.69. The number of hydrogen-bond donors (Lipinski definition) is 1. The van der Waals surface area contributed by atoms with Crippen LogP contribution >= 0.6 is 0 Å². The van der Waals surface area contributed by atoms with Gasteiger partial charge in [-0.1, -0.05) is 0 Å². The van der Waals surface area contributed by atoms with E-state index in [0.29, 0.717) is 6.54 Å². The zero-order valence-electron chi connectivity index (χ0n) is 6.69. The number of likely N-dealkylation sites (N-methyl/N-ethyl adjacent to an activating group) is 1. The zero-order chi connectivity index (χ0) is 9.19. The summed E-state index contributed by atoms with van der Waals surface area (Å²) in [4.78, 5) is 1.78. The molecular weight excluding hydrogens is 173 g/mol. The van der Waals surface area contributed by atoms with Crippen molar-refractivity contribution >= 4 is 0 Å². The average molecular weight is 184 g/mol.